The van der Waals surface area contributed by atoms with E-state index < -0.39 is 6.04 Å². The lowest BCUT2D eigenvalue weighted by molar-refractivity contribution is -0.126. The number of benzene rings is 2. The van der Waals surface area contributed by atoms with Gasteiger partial charge in [-0.1, -0.05) is 74.3 Å². The van der Waals surface area contributed by atoms with Gasteiger partial charge in [-0.25, -0.2) is 0 Å². The molecule has 0 aliphatic carbocycles. The van der Waals surface area contributed by atoms with Crippen molar-refractivity contribution in [3.63, 3.8) is 0 Å². The average molecular weight is 494 g/mol. The first-order valence-corrected chi connectivity index (χ1v) is 13.0. The minimum absolute atomic E-state index is 0.100. The molecule has 2 aromatic carbocycles. The van der Waals surface area contributed by atoms with E-state index in [1.807, 2.05) is 73.6 Å². The molecule has 186 valence electrons. The second-order valence-electron chi connectivity index (χ2n) is 8.82. The van der Waals surface area contributed by atoms with E-state index in [1.165, 1.54) is 24.2 Å². The number of nitrogens with one attached hydrogen (secondary N) is 2. The quantitative estimate of drug-likeness (QED) is 0.316. The highest BCUT2D eigenvalue weighted by Gasteiger charge is 2.22. The zero-order chi connectivity index (χ0) is 25.0. The van der Waals surface area contributed by atoms with Crippen molar-refractivity contribution in [3.05, 3.63) is 60.2 Å². The van der Waals surface area contributed by atoms with E-state index in [-0.39, 0.29) is 11.8 Å². The Morgan fingerprint density at radius 3 is 2.34 bits per heavy atom. The van der Waals surface area contributed by atoms with Gasteiger partial charge in [0, 0.05) is 38.2 Å². The second-order valence-corrected chi connectivity index (χ2v) is 9.79. The van der Waals surface area contributed by atoms with E-state index in [9.17, 15) is 9.59 Å². The molecule has 0 aliphatic rings. The number of carbonyl (C=O) groups excluding carboxylic acids is 2. The van der Waals surface area contributed by atoms with Crippen LogP contribution in [0.25, 0.3) is 10.6 Å². The third-order valence-electron chi connectivity index (χ3n) is 5.73. The molecule has 35 heavy (non-hydrogen) atoms. The molecule has 0 saturated carbocycles. The van der Waals surface area contributed by atoms with Gasteiger partial charge >= 0.3 is 0 Å². The fourth-order valence-electron chi connectivity index (χ4n) is 3.70. The number of carbonyl (C=O) groups is 2. The summed E-state index contributed by atoms with van der Waals surface area (Å²) in [5, 5.41) is 15.3. The average Bonchev–Trinajstić information content (AvgIpc) is 3.32. The van der Waals surface area contributed by atoms with E-state index in [1.54, 1.807) is 0 Å². The van der Waals surface area contributed by atoms with E-state index in [0.717, 1.165) is 41.1 Å². The topological polar surface area (TPSA) is 87.2 Å². The Kier molecular flexibility index (Phi) is 10.2. The maximum atomic E-state index is 13.1. The summed E-state index contributed by atoms with van der Waals surface area (Å²) in [4.78, 5) is 27.7. The number of rotatable bonds is 13. The highest BCUT2D eigenvalue weighted by molar-refractivity contribution is 7.18. The molecule has 0 bridgehead atoms. The summed E-state index contributed by atoms with van der Waals surface area (Å²) in [6.45, 7) is 2.17. The number of hydrogen-bond donors (Lipinski definition) is 2. The molecular weight excluding hydrogens is 458 g/mol. The maximum absolute atomic E-state index is 13.1. The van der Waals surface area contributed by atoms with Crippen LogP contribution < -0.4 is 15.5 Å². The summed E-state index contributed by atoms with van der Waals surface area (Å²) in [5.74, 6) is -0.393. The first-order chi connectivity index (χ1) is 17.0. The molecule has 1 heterocycles. The van der Waals surface area contributed by atoms with E-state index in [4.69, 9.17) is 0 Å². The molecule has 0 radical (unpaired) electrons. The summed E-state index contributed by atoms with van der Waals surface area (Å²) < 4.78 is 0. The minimum atomic E-state index is -0.688. The predicted molar refractivity (Wildman–Crippen MR) is 144 cm³/mol. The van der Waals surface area contributed by atoms with Gasteiger partial charge in [0.25, 0.3) is 0 Å². The largest absolute Gasteiger partial charge is 0.378 e. The molecule has 0 aliphatic heterocycles. The maximum Gasteiger partial charge on any atom is 0.249 e. The molecule has 1 unspecified atom stereocenters. The molecule has 8 heteroatoms. The third kappa shape index (κ3) is 8.47. The number of nitrogens with zero attached hydrogens (tertiary/aromatic N) is 3. The summed E-state index contributed by atoms with van der Waals surface area (Å²) >= 11 is 1.31. The number of hydrogen-bond acceptors (Lipinski definition) is 6. The minimum Gasteiger partial charge on any atom is -0.378 e. The van der Waals surface area contributed by atoms with Crippen LogP contribution in [0.4, 0.5) is 10.8 Å². The molecule has 0 fully saturated rings. The molecule has 2 N–H and O–H groups in total. The van der Waals surface area contributed by atoms with Crippen molar-refractivity contribution in [2.45, 2.75) is 57.9 Å². The fourth-order valence-corrected chi connectivity index (χ4v) is 4.45. The van der Waals surface area contributed by atoms with Gasteiger partial charge in [0.05, 0.1) is 0 Å². The van der Waals surface area contributed by atoms with Crippen molar-refractivity contribution in [1.29, 1.82) is 0 Å². The van der Waals surface area contributed by atoms with E-state index in [2.05, 4.69) is 27.8 Å². The highest BCUT2D eigenvalue weighted by Crippen LogP contribution is 2.28. The normalized spacial score (nSPS) is 11.6. The van der Waals surface area contributed by atoms with Crippen LogP contribution in [-0.4, -0.2) is 42.1 Å². The third-order valence-corrected chi connectivity index (χ3v) is 6.62. The molecule has 0 spiro atoms. The van der Waals surface area contributed by atoms with Crippen LogP contribution in [0.15, 0.2) is 54.6 Å². The van der Waals surface area contributed by atoms with Crippen LogP contribution in [0.3, 0.4) is 0 Å². The lowest BCUT2D eigenvalue weighted by Crippen LogP contribution is -2.45. The van der Waals surface area contributed by atoms with Crippen LogP contribution in [0.1, 0.15) is 51.0 Å². The first-order valence-electron chi connectivity index (χ1n) is 12.2. The Morgan fingerprint density at radius 1 is 0.943 bits per heavy atom. The van der Waals surface area contributed by atoms with Gasteiger partial charge in [0.2, 0.25) is 16.9 Å². The number of unbranched alkanes of at least 4 members (excludes halogenated alkanes) is 4. The monoisotopic (exact) mass is 493 g/mol. The van der Waals surface area contributed by atoms with Crippen molar-refractivity contribution in [1.82, 2.24) is 15.5 Å². The molecule has 7 nitrogen and oxygen atoms in total. The van der Waals surface area contributed by atoms with Gasteiger partial charge < -0.3 is 10.2 Å². The van der Waals surface area contributed by atoms with Crippen LogP contribution >= 0.6 is 11.3 Å². The Balaban J connectivity index is 1.64. The summed E-state index contributed by atoms with van der Waals surface area (Å²) in [6, 6.07) is 17.0. The smallest absolute Gasteiger partial charge is 0.249 e. The molecule has 1 aromatic heterocycles. The van der Waals surface area contributed by atoms with Crippen molar-refractivity contribution < 1.29 is 9.59 Å². The van der Waals surface area contributed by atoms with Gasteiger partial charge in [0.15, 0.2) is 0 Å². The van der Waals surface area contributed by atoms with Crippen molar-refractivity contribution in [2.24, 2.45) is 0 Å². The number of aromatic nitrogens is 2. The van der Waals surface area contributed by atoms with Gasteiger partial charge in [-0.2, -0.15) is 0 Å². The van der Waals surface area contributed by atoms with Gasteiger partial charge in [-0.3, -0.25) is 14.9 Å². The molecule has 1 atom stereocenters. The zero-order valence-electron chi connectivity index (χ0n) is 20.8. The second kappa shape index (κ2) is 13.6. The van der Waals surface area contributed by atoms with E-state index in [0.29, 0.717) is 18.0 Å². The standard InChI is InChI=1S/C27H35N5O2S/c1-4-5-6-7-11-14-24(33)28-23(19-20-12-9-8-10-13-20)25(34)29-27-31-30-26(35-27)21-15-17-22(18-16-21)32(2)3/h8-10,12-13,15-18,23H,4-7,11,14,19H2,1-3H3,(H,28,33)(H,29,31,34). The highest BCUT2D eigenvalue weighted by atomic mass is 32.1. The molecule has 3 rings (SSSR count). The van der Waals surface area contributed by atoms with Gasteiger partial charge in [-0.05, 0) is 36.2 Å². The van der Waals surface area contributed by atoms with Crippen molar-refractivity contribution in [2.75, 3.05) is 24.3 Å². The molecule has 2 amide bonds. The Morgan fingerprint density at radius 2 is 1.66 bits per heavy atom. The predicted octanol–water partition coefficient (Wildman–Crippen LogP) is 5.30. The van der Waals surface area contributed by atoms with Crippen molar-refractivity contribution in [3.8, 4) is 10.6 Å². The Labute approximate surface area is 212 Å². The lowest BCUT2D eigenvalue weighted by atomic mass is 10.0. The lowest BCUT2D eigenvalue weighted by Gasteiger charge is -2.18. The molecule has 0 saturated heterocycles. The van der Waals surface area contributed by atoms with Crippen LogP contribution in [0.5, 0.6) is 0 Å². The SMILES string of the molecule is CCCCCCCC(=O)NC(Cc1ccccc1)C(=O)Nc1nnc(-c2ccc(N(C)C)cc2)s1. The van der Waals surface area contributed by atoms with Crippen LogP contribution in [0, 0.1) is 0 Å². The molecule has 3 aromatic rings. The van der Waals surface area contributed by atoms with Crippen molar-refractivity contribution >= 4 is 34.0 Å². The Hall–Kier alpha value is -3.26. The first kappa shape index (κ1) is 26.3. The van der Waals surface area contributed by atoms with Gasteiger partial charge in [0.1, 0.15) is 11.0 Å². The number of amides is 2. The molecular formula is C27H35N5O2S. The van der Waals surface area contributed by atoms with Gasteiger partial charge in [-0.15, -0.1) is 10.2 Å². The zero-order valence-corrected chi connectivity index (χ0v) is 21.6. The van der Waals surface area contributed by atoms with Crippen LogP contribution in [-0.2, 0) is 16.0 Å². The van der Waals surface area contributed by atoms with Crippen LogP contribution in [0.2, 0.25) is 0 Å². The fraction of sp³-hybridized carbons (Fsp3) is 0.407. The summed E-state index contributed by atoms with van der Waals surface area (Å²) in [6.07, 6.45) is 6.18. The number of anilines is 2. The Bertz CT molecular complexity index is 1070. The summed E-state index contributed by atoms with van der Waals surface area (Å²) in [7, 11) is 3.98. The van der Waals surface area contributed by atoms with E-state index >= 15 is 0 Å². The summed E-state index contributed by atoms with van der Waals surface area (Å²) in [5.41, 5.74) is 3.01.